The quantitative estimate of drug-likeness (QED) is 0.661. The van der Waals surface area contributed by atoms with Crippen molar-refractivity contribution in [1.29, 1.82) is 0 Å². The van der Waals surface area contributed by atoms with Crippen LogP contribution in [0, 0.1) is 0 Å². The van der Waals surface area contributed by atoms with Crippen LogP contribution in [0.15, 0.2) is 54.6 Å². The van der Waals surface area contributed by atoms with E-state index in [0.717, 1.165) is 16.9 Å². The monoisotopic (exact) mass is 396 g/mol. The molecule has 0 saturated carbocycles. The molecule has 2 amide bonds. The van der Waals surface area contributed by atoms with Crippen LogP contribution in [0.2, 0.25) is 0 Å². The fourth-order valence-corrected chi connectivity index (χ4v) is 3.31. The molecule has 29 heavy (non-hydrogen) atoms. The fourth-order valence-electron chi connectivity index (χ4n) is 3.31. The molecule has 0 bridgehead atoms. The molecule has 5 nitrogen and oxygen atoms in total. The second-order valence-electron chi connectivity index (χ2n) is 7.45. The van der Waals surface area contributed by atoms with E-state index in [4.69, 9.17) is 4.74 Å². The molecule has 0 unspecified atom stereocenters. The Balaban J connectivity index is 2.22. The molecular weight excluding hydrogens is 364 g/mol. The minimum absolute atomic E-state index is 0.0228. The van der Waals surface area contributed by atoms with Gasteiger partial charge in [0.2, 0.25) is 11.8 Å². The number of nitrogens with one attached hydrogen (secondary N) is 1. The van der Waals surface area contributed by atoms with Crippen LogP contribution in [0.1, 0.15) is 44.7 Å². The van der Waals surface area contributed by atoms with Gasteiger partial charge in [0.05, 0.1) is 7.11 Å². The summed E-state index contributed by atoms with van der Waals surface area (Å²) in [4.78, 5) is 27.7. The van der Waals surface area contributed by atoms with Gasteiger partial charge in [0.25, 0.3) is 0 Å². The molecule has 0 aliphatic heterocycles. The number of methoxy groups -OCH3 is 1. The van der Waals surface area contributed by atoms with Crippen molar-refractivity contribution in [3.63, 3.8) is 0 Å². The van der Waals surface area contributed by atoms with Crippen molar-refractivity contribution >= 4 is 11.8 Å². The molecule has 0 spiro atoms. The van der Waals surface area contributed by atoms with Crippen LogP contribution in [0.5, 0.6) is 5.75 Å². The molecule has 156 valence electrons. The zero-order valence-electron chi connectivity index (χ0n) is 17.9. The molecule has 2 aromatic rings. The molecule has 0 saturated heterocycles. The van der Waals surface area contributed by atoms with E-state index < -0.39 is 6.04 Å². The number of carbonyl (C=O) groups excluding carboxylic acids is 2. The molecule has 2 rings (SSSR count). The summed E-state index contributed by atoms with van der Waals surface area (Å²) in [6.45, 7) is 6.16. The number of hydrogen-bond donors (Lipinski definition) is 1. The largest absolute Gasteiger partial charge is 0.497 e. The summed E-state index contributed by atoms with van der Waals surface area (Å²) in [6, 6.07) is 17.1. The van der Waals surface area contributed by atoms with E-state index in [1.807, 2.05) is 75.4 Å². The zero-order valence-corrected chi connectivity index (χ0v) is 17.9. The van der Waals surface area contributed by atoms with Gasteiger partial charge in [0.1, 0.15) is 11.8 Å². The molecule has 0 heterocycles. The van der Waals surface area contributed by atoms with Crippen molar-refractivity contribution in [3.05, 3.63) is 65.7 Å². The van der Waals surface area contributed by atoms with Crippen LogP contribution in [-0.2, 0) is 22.6 Å². The van der Waals surface area contributed by atoms with E-state index in [1.54, 1.807) is 12.0 Å². The molecule has 0 aromatic heterocycles. The first kappa shape index (κ1) is 22.5. The number of rotatable bonds is 10. The highest BCUT2D eigenvalue weighted by Crippen LogP contribution is 2.18. The van der Waals surface area contributed by atoms with E-state index in [1.165, 1.54) is 0 Å². The number of benzene rings is 2. The summed E-state index contributed by atoms with van der Waals surface area (Å²) >= 11 is 0. The maximum Gasteiger partial charge on any atom is 0.243 e. The van der Waals surface area contributed by atoms with Crippen LogP contribution < -0.4 is 10.1 Å². The second-order valence-corrected chi connectivity index (χ2v) is 7.45. The van der Waals surface area contributed by atoms with Gasteiger partial charge in [0.15, 0.2) is 0 Å². The molecule has 0 fully saturated rings. The first-order valence-corrected chi connectivity index (χ1v) is 10.2. The van der Waals surface area contributed by atoms with Crippen molar-refractivity contribution in [1.82, 2.24) is 10.2 Å². The van der Waals surface area contributed by atoms with Gasteiger partial charge < -0.3 is 15.0 Å². The maximum atomic E-state index is 13.2. The van der Waals surface area contributed by atoms with Gasteiger partial charge >= 0.3 is 0 Å². The third kappa shape index (κ3) is 6.93. The molecule has 1 N–H and O–H groups in total. The smallest absolute Gasteiger partial charge is 0.243 e. The van der Waals surface area contributed by atoms with Crippen LogP contribution in [-0.4, -0.2) is 35.9 Å². The van der Waals surface area contributed by atoms with Crippen molar-refractivity contribution in [2.24, 2.45) is 0 Å². The predicted octanol–water partition coefficient (Wildman–Crippen LogP) is 3.96. The summed E-state index contributed by atoms with van der Waals surface area (Å²) in [5.74, 6) is 0.597. The van der Waals surface area contributed by atoms with Gasteiger partial charge in [-0.1, -0.05) is 49.4 Å². The average molecular weight is 397 g/mol. The van der Waals surface area contributed by atoms with Crippen molar-refractivity contribution in [3.8, 4) is 5.75 Å². The minimum atomic E-state index is -0.508. The summed E-state index contributed by atoms with van der Waals surface area (Å²) < 4.78 is 5.31. The Morgan fingerprint density at radius 2 is 1.72 bits per heavy atom. The highest BCUT2D eigenvalue weighted by Gasteiger charge is 2.28. The molecule has 1 atom stereocenters. The van der Waals surface area contributed by atoms with E-state index >= 15 is 0 Å². The standard InChI is InChI=1S/C24H32N2O3/c1-5-22(24(28)25-18(2)3)26(17-20-12-9-13-21(16-20)29-4)23(27)15-14-19-10-7-6-8-11-19/h6-13,16,18,22H,5,14-15,17H2,1-4H3,(H,25,28)/t22-/m1/s1. The van der Waals surface area contributed by atoms with E-state index in [2.05, 4.69) is 5.32 Å². The molecule has 5 heteroatoms. The van der Waals surface area contributed by atoms with Crippen LogP contribution >= 0.6 is 0 Å². The molecule has 0 radical (unpaired) electrons. The van der Waals surface area contributed by atoms with Crippen LogP contribution in [0.4, 0.5) is 0 Å². The average Bonchev–Trinajstić information content (AvgIpc) is 2.72. The van der Waals surface area contributed by atoms with E-state index in [-0.39, 0.29) is 17.9 Å². The lowest BCUT2D eigenvalue weighted by atomic mass is 10.1. The van der Waals surface area contributed by atoms with E-state index in [0.29, 0.717) is 25.8 Å². The Bertz CT molecular complexity index is 790. The van der Waals surface area contributed by atoms with Gasteiger partial charge in [-0.3, -0.25) is 9.59 Å². The lowest BCUT2D eigenvalue weighted by Crippen LogP contribution is -2.50. The SMILES string of the molecule is CC[C@H](C(=O)NC(C)C)N(Cc1cccc(OC)c1)C(=O)CCc1ccccc1. The summed E-state index contributed by atoms with van der Waals surface area (Å²) in [6.07, 6.45) is 1.57. The van der Waals surface area contributed by atoms with Gasteiger partial charge in [-0.25, -0.2) is 0 Å². The molecule has 0 aliphatic carbocycles. The van der Waals surface area contributed by atoms with Gasteiger partial charge in [-0.2, -0.15) is 0 Å². The van der Waals surface area contributed by atoms with Crippen molar-refractivity contribution < 1.29 is 14.3 Å². The van der Waals surface area contributed by atoms with Crippen molar-refractivity contribution in [2.45, 2.75) is 58.7 Å². The van der Waals surface area contributed by atoms with Crippen LogP contribution in [0.3, 0.4) is 0 Å². The third-order valence-electron chi connectivity index (χ3n) is 4.77. The topological polar surface area (TPSA) is 58.6 Å². The number of nitrogens with zero attached hydrogens (tertiary/aromatic N) is 1. The van der Waals surface area contributed by atoms with Gasteiger partial charge in [-0.05, 0) is 49.9 Å². The molecular formula is C24H32N2O3. The number of carbonyl (C=O) groups is 2. The first-order valence-electron chi connectivity index (χ1n) is 10.2. The minimum Gasteiger partial charge on any atom is -0.497 e. The number of hydrogen-bond acceptors (Lipinski definition) is 3. The normalized spacial score (nSPS) is 11.8. The number of amides is 2. The van der Waals surface area contributed by atoms with Gasteiger partial charge in [-0.15, -0.1) is 0 Å². The lowest BCUT2D eigenvalue weighted by molar-refractivity contribution is -0.141. The lowest BCUT2D eigenvalue weighted by Gasteiger charge is -2.31. The van der Waals surface area contributed by atoms with Crippen molar-refractivity contribution in [2.75, 3.05) is 7.11 Å². The summed E-state index contributed by atoms with van der Waals surface area (Å²) in [5.41, 5.74) is 2.05. The highest BCUT2D eigenvalue weighted by molar-refractivity contribution is 5.87. The second kappa shape index (κ2) is 11.2. The Morgan fingerprint density at radius 3 is 2.34 bits per heavy atom. The molecule has 0 aliphatic rings. The number of ether oxygens (including phenoxy) is 1. The Hall–Kier alpha value is -2.82. The first-order chi connectivity index (χ1) is 13.9. The fraction of sp³-hybridized carbons (Fsp3) is 0.417. The van der Waals surface area contributed by atoms with Gasteiger partial charge in [0, 0.05) is 19.0 Å². The Morgan fingerprint density at radius 1 is 1.03 bits per heavy atom. The molecule has 2 aromatic carbocycles. The third-order valence-corrected chi connectivity index (χ3v) is 4.77. The highest BCUT2D eigenvalue weighted by atomic mass is 16.5. The maximum absolute atomic E-state index is 13.2. The zero-order chi connectivity index (χ0) is 21.2. The summed E-state index contributed by atoms with van der Waals surface area (Å²) in [7, 11) is 1.62. The van der Waals surface area contributed by atoms with E-state index in [9.17, 15) is 9.59 Å². The Labute approximate surface area is 174 Å². The van der Waals surface area contributed by atoms with Crippen LogP contribution in [0.25, 0.3) is 0 Å². The number of aryl methyl sites for hydroxylation is 1. The predicted molar refractivity (Wildman–Crippen MR) is 116 cm³/mol. The Kier molecular flexibility index (Phi) is 8.71. The summed E-state index contributed by atoms with van der Waals surface area (Å²) in [5, 5.41) is 2.95.